The van der Waals surface area contributed by atoms with Crippen LogP contribution < -0.4 is 85.3 Å². The molecule has 2 aliphatic heterocycles. The van der Waals surface area contributed by atoms with Crippen LogP contribution in [0.25, 0.3) is 11.4 Å². The zero-order valence-electron chi connectivity index (χ0n) is 27.3. The molecule has 6 heterocycles. The predicted octanol–water partition coefficient (Wildman–Crippen LogP) is -5.27. The first-order chi connectivity index (χ1) is 23.5. The minimum Gasteiger partial charge on any atom is -0.869 e. The van der Waals surface area contributed by atoms with E-state index in [0.717, 1.165) is 28.8 Å². The zero-order chi connectivity index (χ0) is 34.8. The van der Waals surface area contributed by atoms with E-state index in [0.29, 0.717) is 23.3 Å². The summed E-state index contributed by atoms with van der Waals surface area (Å²) in [6.07, 6.45) is 4.45. The summed E-state index contributed by atoms with van der Waals surface area (Å²) in [5, 5.41) is 44.7. The van der Waals surface area contributed by atoms with Gasteiger partial charge in [0.15, 0.2) is 41.0 Å². The number of fused-ring (bicyclic) bond motifs is 1. The Morgan fingerprint density at radius 3 is 2.69 bits per heavy atom. The number of aryl methyl sites for hydroxylation is 1. The van der Waals surface area contributed by atoms with E-state index in [-0.39, 0.29) is 110 Å². The van der Waals surface area contributed by atoms with Gasteiger partial charge in [-0.05, 0) is 24.4 Å². The number of nitrogens with two attached hydrogens (primary N) is 1. The van der Waals surface area contributed by atoms with E-state index in [2.05, 4.69) is 20.6 Å². The van der Waals surface area contributed by atoms with Crippen molar-refractivity contribution in [1.82, 2.24) is 25.1 Å². The van der Waals surface area contributed by atoms with Gasteiger partial charge in [-0.3, -0.25) is 19.3 Å². The monoisotopic (exact) mass is 771 g/mol. The molecular formula is C29H25N8Na2O9S3+. The van der Waals surface area contributed by atoms with E-state index in [1.165, 1.54) is 39.9 Å². The first-order valence-electron chi connectivity index (χ1n) is 14.3. The third-order valence-electron chi connectivity index (χ3n) is 7.32. The molecule has 2 atom stereocenters. The maximum atomic E-state index is 13.4. The second-order valence-electron chi connectivity index (χ2n) is 10.4. The molecule has 0 spiro atoms. The second kappa shape index (κ2) is 17.5. The molecule has 22 heteroatoms. The van der Waals surface area contributed by atoms with Crippen LogP contribution in [0.2, 0.25) is 0 Å². The Morgan fingerprint density at radius 2 is 2.02 bits per heavy atom. The fraction of sp³-hybridized carbons (Fsp3) is 0.241. The molecule has 0 bridgehead atoms. The number of nitrogen functional groups attached to an aromatic ring is 1. The summed E-state index contributed by atoms with van der Waals surface area (Å²) in [5.74, 6) is -2.87. The van der Waals surface area contributed by atoms with Crippen LogP contribution in [0, 0.1) is 5.21 Å². The Kier molecular flexibility index (Phi) is 13.8. The average Bonchev–Trinajstić information content (AvgIpc) is 3.74. The summed E-state index contributed by atoms with van der Waals surface area (Å²) in [6, 6.07) is 4.95. The Balaban J connectivity index is 0.00000292. The molecule has 0 radical (unpaired) electrons. The fourth-order valence-electron chi connectivity index (χ4n) is 4.87. The summed E-state index contributed by atoms with van der Waals surface area (Å²) in [5.41, 5.74) is 4.84. The molecule has 0 aromatic carbocycles. The number of oxime groups is 1. The number of hydrogen-bond donors (Lipinski definition) is 3. The maximum Gasteiger partial charge on any atom is 1.00 e. The van der Waals surface area contributed by atoms with E-state index >= 15 is 0 Å². The molecule has 2 amide bonds. The number of carboxylic acid groups (broad SMARTS) is 1. The molecule has 4 aromatic rings. The fourth-order valence-corrected chi connectivity index (χ4v) is 7.79. The van der Waals surface area contributed by atoms with Crippen molar-refractivity contribution in [2.24, 2.45) is 5.16 Å². The van der Waals surface area contributed by atoms with Gasteiger partial charge in [-0.1, -0.05) is 10.3 Å². The van der Waals surface area contributed by atoms with Gasteiger partial charge in [-0.15, -0.1) is 34.9 Å². The molecule has 0 saturated carbocycles. The molecule has 1 saturated heterocycles. The SMILES string of the molecule is CC[n+]1ccc(SCC2=C(C(=O)O)N3C(=O)[C@@H](NC(=O)/C(=N\OCc4cc(-c5cc(=O)c([O-])cn5[O-])no4)c4csc(N)n4)[C@H]3SC2)cc1.[Na+].[Na+]. The van der Waals surface area contributed by atoms with Crippen LogP contribution in [0.4, 0.5) is 5.13 Å². The van der Waals surface area contributed by atoms with Gasteiger partial charge >= 0.3 is 65.1 Å². The van der Waals surface area contributed by atoms with Gasteiger partial charge in [0, 0.05) is 46.0 Å². The van der Waals surface area contributed by atoms with Crippen LogP contribution in [0.3, 0.4) is 0 Å². The summed E-state index contributed by atoms with van der Waals surface area (Å²) < 4.78 is 7.33. The van der Waals surface area contributed by atoms with Crippen LogP contribution in [-0.2, 0) is 32.4 Å². The number of nitrogens with zero attached hydrogens (tertiary/aromatic N) is 6. The van der Waals surface area contributed by atoms with Crippen molar-refractivity contribution in [3.63, 3.8) is 0 Å². The Morgan fingerprint density at radius 1 is 1.27 bits per heavy atom. The van der Waals surface area contributed by atoms with Crippen molar-refractivity contribution in [3.05, 3.63) is 86.4 Å². The number of β-lactam (4-membered cyclic amide) rings is 1. The number of nitrogens with one attached hydrogen (secondary N) is 1. The van der Waals surface area contributed by atoms with Gasteiger partial charge < -0.3 is 40.6 Å². The van der Waals surface area contributed by atoms with Gasteiger partial charge in [0.2, 0.25) is 0 Å². The number of thiazole rings is 1. The predicted molar refractivity (Wildman–Crippen MR) is 175 cm³/mol. The molecule has 254 valence electrons. The number of pyridine rings is 2. The van der Waals surface area contributed by atoms with Crippen molar-refractivity contribution < 1.29 is 97.6 Å². The molecule has 0 unspecified atom stereocenters. The number of aromatic nitrogens is 4. The Labute approximate surface area is 345 Å². The number of carbonyl (C=O) groups excluding carboxylic acids is 2. The average molecular weight is 772 g/mol. The summed E-state index contributed by atoms with van der Waals surface area (Å²) in [7, 11) is 0. The summed E-state index contributed by atoms with van der Waals surface area (Å²) in [6.45, 7) is 2.47. The van der Waals surface area contributed by atoms with Gasteiger partial charge in [0.1, 0.15) is 35.0 Å². The largest absolute Gasteiger partial charge is 1.00 e. The normalized spacial score (nSPS) is 16.8. The number of hydrogen-bond acceptors (Lipinski definition) is 15. The van der Waals surface area contributed by atoms with Crippen LogP contribution >= 0.6 is 34.9 Å². The van der Waals surface area contributed by atoms with Crippen LogP contribution in [0.15, 0.2) is 78.9 Å². The number of anilines is 1. The summed E-state index contributed by atoms with van der Waals surface area (Å²) in [4.78, 5) is 62.3. The number of amides is 2. The number of aliphatic carboxylic acids is 1. The van der Waals surface area contributed by atoms with Gasteiger partial charge in [0.05, 0.1) is 5.69 Å². The van der Waals surface area contributed by atoms with Crippen LogP contribution in [0.5, 0.6) is 5.75 Å². The molecule has 2 aliphatic rings. The third-order valence-corrected chi connectivity index (χ3v) is 10.4. The van der Waals surface area contributed by atoms with Gasteiger partial charge in [-0.2, -0.15) is 0 Å². The van der Waals surface area contributed by atoms with E-state index in [1.807, 2.05) is 36.0 Å². The zero-order valence-corrected chi connectivity index (χ0v) is 33.7. The van der Waals surface area contributed by atoms with Crippen molar-refractivity contribution in [3.8, 4) is 17.1 Å². The first kappa shape index (κ1) is 40.4. The molecule has 4 aromatic heterocycles. The number of carboxylic acids is 1. The van der Waals surface area contributed by atoms with Gasteiger partial charge in [-0.25, -0.2) is 14.3 Å². The third kappa shape index (κ3) is 8.83. The standard InChI is InChI=1S/C29H26N8O9S3.2Na/c1-2-35-5-3-16(4-6-35)47-11-14-12-48-27-23(26(41)37(27)24(14)28(42)43)32-25(40)22(18-13-49-29(30)31-18)34-45-10-15-7-17(33-46-15)19-8-20(38)21(39)9-36(19)44;;/h3-9,13,23,27,39H,2,10-12H2,1H3,(H2,30,31)(H,32,40)(H,42,43);;/q;2*+1/p-1/b34-22-;;/t23-,27-;;/m1../s1. The van der Waals surface area contributed by atoms with Crippen molar-refractivity contribution in [1.29, 1.82) is 0 Å². The maximum absolute atomic E-state index is 13.4. The molecule has 0 aliphatic carbocycles. The van der Waals surface area contributed by atoms with Crippen molar-refractivity contribution >= 4 is 63.5 Å². The quantitative estimate of drug-likeness (QED) is 0.0305. The van der Waals surface area contributed by atoms with Crippen molar-refractivity contribution in [2.75, 3.05) is 17.2 Å². The van der Waals surface area contributed by atoms with E-state index in [1.54, 1.807) is 0 Å². The Hall–Kier alpha value is -3.34. The minimum atomic E-state index is -1.24. The van der Waals surface area contributed by atoms with Crippen molar-refractivity contribution in [2.45, 2.75) is 36.4 Å². The first-order valence-corrected chi connectivity index (χ1v) is 17.3. The molecule has 51 heavy (non-hydrogen) atoms. The number of carbonyl (C=O) groups is 3. The van der Waals surface area contributed by atoms with E-state index in [9.17, 15) is 34.6 Å². The second-order valence-corrected chi connectivity index (χ2v) is 13.5. The molecular weight excluding hydrogens is 747 g/mol. The van der Waals surface area contributed by atoms with Crippen LogP contribution in [0.1, 0.15) is 18.4 Å². The minimum absolute atomic E-state index is 0. The van der Waals surface area contributed by atoms with E-state index < -0.39 is 40.4 Å². The summed E-state index contributed by atoms with van der Waals surface area (Å²) >= 11 is 3.84. The smallest absolute Gasteiger partial charge is 0.869 e. The molecule has 1 fully saturated rings. The molecule has 4 N–H and O–H groups in total. The molecule has 17 nitrogen and oxygen atoms in total. The van der Waals surface area contributed by atoms with E-state index in [4.69, 9.17) is 15.1 Å². The topological polar surface area (TPSA) is 245 Å². The number of thioether (sulfide) groups is 2. The molecule has 6 rings (SSSR count). The van der Waals surface area contributed by atoms with Crippen LogP contribution in [-0.4, -0.2) is 71.3 Å². The number of rotatable bonds is 12. The van der Waals surface area contributed by atoms with Gasteiger partial charge in [0.25, 0.3) is 11.8 Å². The Bertz CT molecular complexity index is 2070.